The van der Waals surface area contributed by atoms with Gasteiger partial charge in [0.1, 0.15) is 13.2 Å². The molecule has 0 fully saturated rings. The van der Waals surface area contributed by atoms with E-state index in [0.717, 1.165) is 83.5 Å². The highest BCUT2D eigenvalue weighted by atomic mass is 16.6. The van der Waals surface area contributed by atoms with E-state index in [1.54, 1.807) is 0 Å². The van der Waals surface area contributed by atoms with Crippen LogP contribution in [0, 0.1) is 0 Å². The first-order chi connectivity index (χ1) is 39.0. The molecule has 6 nitrogen and oxygen atoms in total. The molecule has 0 saturated heterocycles. The zero-order chi connectivity index (χ0) is 57.1. The number of ether oxygens (including phenoxy) is 3. The first-order valence-electron chi connectivity index (χ1n) is 34.8. The van der Waals surface area contributed by atoms with Crippen LogP contribution in [-0.4, -0.2) is 37.2 Å². The fourth-order valence-corrected chi connectivity index (χ4v) is 10.3. The molecule has 0 heterocycles. The SMILES string of the molecule is CC/C=C\C/C=C\C/C=C\C/C=C\CCCCCCCCCCCCCCCCCCC(=O)OCC(COC(=O)CCCCCCCCCCCCCCCCC)OC(=O)CCCCCCCCC/C=C\CCCCCCCC. The number of esters is 3. The van der Waals surface area contributed by atoms with Crippen LogP contribution in [0.2, 0.25) is 0 Å². The highest BCUT2D eigenvalue weighted by Gasteiger charge is 2.19. The van der Waals surface area contributed by atoms with Gasteiger partial charge >= 0.3 is 17.9 Å². The number of carbonyl (C=O) groups is 3. The molecular formula is C73H132O6. The molecule has 0 bridgehead atoms. The van der Waals surface area contributed by atoms with Crippen molar-refractivity contribution in [3.63, 3.8) is 0 Å². The minimum atomic E-state index is -0.774. The average Bonchev–Trinajstić information content (AvgIpc) is 3.45. The minimum Gasteiger partial charge on any atom is -0.462 e. The third-order valence-electron chi connectivity index (χ3n) is 15.5. The fourth-order valence-electron chi connectivity index (χ4n) is 10.3. The van der Waals surface area contributed by atoms with E-state index in [2.05, 4.69) is 81.5 Å². The van der Waals surface area contributed by atoms with Gasteiger partial charge in [0, 0.05) is 19.3 Å². The van der Waals surface area contributed by atoms with E-state index in [1.165, 1.54) is 244 Å². The molecule has 0 rings (SSSR count). The second-order valence-electron chi connectivity index (χ2n) is 23.4. The summed E-state index contributed by atoms with van der Waals surface area (Å²) in [6.07, 6.45) is 86.7. The van der Waals surface area contributed by atoms with Crippen molar-refractivity contribution in [2.24, 2.45) is 0 Å². The Kier molecular flexibility index (Phi) is 65.1. The van der Waals surface area contributed by atoms with E-state index >= 15 is 0 Å². The van der Waals surface area contributed by atoms with Crippen LogP contribution in [0.25, 0.3) is 0 Å². The van der Waals surface area contributed by atoms with Gasteiger partial charge in [0.05, 0.1) is 0 Å². The Bertz CT molecular complexity index is 1410. The monoisotopic (exact) mass is 1110 g/mol. The van der Waals surface area contributed by atoms with Gasteiger partial charge in [-0.3, -0.25) is 14.4 Å². The van der Waals surface area contributed by atoms with Crippen LogP contribution in [0.1, 0.15) is 367 Å². The molecule has 0 aliphatic heterocycles. The maximum absolute atomic E-state index is 12.9. The Morgan fingerprint density at radius 3 is 0.785 bits per heavy atom. The maximum atomic E-state index is 12.9. The van der Waals surface area contributed by atoms with Gasteiger partial charge in [-0.1, -0.05) is 326 Å². The average molecular weight is 1110 g/mol. The lowest BCUT2D eigenvalue weighted by Gasteiger charge is -2.18. The van der Waals surface area contributed by atoms with E-state index in [1.807, 2.05) is 0 Å². The van der Waals surface area contributed by atoms with Gasteiger partial charge in [0.2, 0.25) is 0 Å². The summed E-state index contributed by atoms with van der Waals surface area (Å²) in [6.45, 7) is 6.58. The zero-order valence-corrected chi connectivity index (χ0v) is 52.9. The van der Waals surface area contributed by atoms with E-state index in [-0.39, 0.29) is 31.1 Å². The van der Waals surface area contributed by atoms with Crippen LogP contribution in [0.15, 0.2) is 60.8 Å². The number of hydrogen-bond acceptors (Lipinski definition) is 6. The molecule has 0 amide bonds. The van der Waals surface area contributed by atoms with Crippen molar-refractivity contribution < 1.29 is 28.6 Å². The van der Waals surface area contributed by atoms with Crippen LogP contribution in [-0.2, 0) is 28.6 Å². The van der Waals surface area contributed by atoms with Crippen molar-refractivity contribution in [1.29, 1.82) is 0 Å². The second kappa shape index (κ2) is 67.6. The van der Waals surface area contributed by atoms with Gasteiger partial charge in [-0.25, -0.2) is 0 Å². The number of carbonyl (C=O) groups excluding carboxylic acids is 3. The molecule has 0 N–H and O–H groups in total. The summed E-state index contributed by atoms with van der Waals surface area (Å²) in [5.74, 6) is -0.849. The van der Waals surface area contributed by atoms with Crippen molar-refractivity contribution in [2.75, 3.05) is 13.2 Å². The topological polar surface area (TPSA) is 78.9 Å². The number of hydrogen-bond donors (Lipinski definition) is 0. The van der Waals surface area contributed by atoms with Gasteiger partial charge in [0.25, 0.3) is 0 Å². The largest absolute Gasteiger partial charge is 0.462 e. The molecule has 0 spiro atoms. The summed E-state index contributed by atoms with van der Waals surface area (Å²) in [5.41, 5.74) is 0. The minimum absolute atomic E-state index is 0.0700. The summed E-state index contributed by atoms with van der Waals surface area (Å²) in [7, 11) is 0. The molecule has 79 heavy (non-hydrogen) atoms. The van der Waals surface area contributed by atoms with Gasteiger partial charge in [0.15, 0.2) is 6.10 Å². The van der Waals surface area contributed by atoms with Crippen molar-refractivity contribution in [3.8, 4) is 0 Å². The predicted molar refractivity (Wildman–Crippen MR) is 344 cm³/mol. The van der Waals surface area contributed by atoms with Crippen LogP contribution < -0.4 is 0 Å². The Labute approximate surface area is 491 Å². The molecule has 0 aromatic heterocycles. The normalized spacial score (nSPS) is 12.4. The summed E-state index contributed by atoms with van der Waals surface area (Å²) in [4.78, 5) is 38.4. The van der Waals surface area contributed by atoms with Gasteiger partial charge in [-0.2, -0.15) is 0 Å². The predicted octanol–water partition coefficient (Wildman–Crippen LogP) is 23.9. The van der Waals surface area contributed by atoms with Crippen molar-refractivity contribution in [3.05, 3.63) is 60.8 Å². The molecule has 1 atom stereocenters. The molecular weight excluding hydrogens is 973 g/mol. The molecule has 0 radical (unpaired) electrons. The van der Waals surface area contributed by atoms with E-state index in [9.17, 15) is 14.4 Å². The van der Waals surface area contributed by atoms with E-state index in [4.69, 9.17) is 14.2 Å². The number of rotatable bonds is 64. The number of allylic oxidation sites excluding steroid dienone is 10. The van der Waals surface area contributed by atoms with Crippen molar-refractivity contribution >= 4 is 17.9 Å². The van der Waals surface area contributed by atoms with Crippen LogP contribution in [0.3, 0.4) is 0 Å². The zero-order valence-electron chi connectivity index (χ0n) is 52.9. The highest BCUT2D eigenvalue weighted by molar-refractivity contribution is 5.71. The van der Waals surface area contributed by atoms with Crippen molar-refractivity contribution in [1.82, 2.24) is 0 Å². The summed E-state index contributed by atoms with van der Waals surface area (Å²) >= 11 is 0. The Hall–Kier alpha value is -2.89. The third kappa shape index (κ3) is 65.8. The van der Waals surface area contributed by atoms with E-state index in [0.29, 0.717) is 19.3 Å². The molecule has 0 aliphatic rings. The van der Waals surface area contributed by atoms with Gasteiger partial charge in [-0.05, 0) is 83.5 Å². The van der Waals surface area contributed by atoms with Gasteiger partial charge < -0.3 is 14.2 Å². The molecule has 6 heteroatoms. The lowest BCUT2D eigenvalue weighted by atomic mass is 10.0. The summed E-state index contributed by atoms with van der Waals surface area (Å²) < 4.78 is 17.0. The molecule has 0 saturated carbocycles. The lowest BCUT2D eigenvalue weighted by Crippen LogP contribution is -2.30. The van der Waals surface area contributed by atoms with Crippen LogP contribution in [0.5, 0.6) is 0 Å². The standard InChI is InChI=1S/C73H132O6/c1-4-7-10-13-16-19-22-25-28-30-31-32-33-34-35-36-37-38-39-40-41-43-45-48-51-54-57-60-63-66-72(75)78-69-70(68-77-71(74)65-62-59-56-53-50-47-44-27-24-21-18-15-12-9-6-3)79-73(76)67-64-61-58-55-52-49-46-42-29-26-23-20-17-14-11-8-5-2/h7,10,16,19,25-26,28-29,31-32,70H,4-6,8-9,11-15,17-18,20-24,27,30,33-69H2,1-3H3/b10-7-,19-16-,28-25-,29-26-,32-31-. The third-order valence-corrected chi connectivity index (χ3v) is 15.5. The van der Waals surface area contributed by atoms with Gasteiger partial charge in [-0.15, -0.1) is 0 Å². The molecule has 0 aromatic rings. The summed E-state index contributed by atoms with van der Waals surface area (Å²) in [6, 6.07) is 0. The van der Waals surface area contributed by atoms with Crippen LogP contribution >= 0.6 is 0 Å². The summed E-state index contributed by atoms with van der Waals surface area (Å²) in [5, 5.41) is 0. The Balaban J connectivity index is 4.22. The Morgan fingerprint density at radius 2 is 0.494 bits per heavy atom. The smallest absolute Gasteiger partial charge is 0.306 e. The first-order valence-corrected chi connectivity index (χ1v) is 34.8. The first kappa shape index (κ1) is 76.1. The maximum Gasteiger partial charge on any atom is 0.306 e. The van der Waals surface area contributed by atoms with E-state index < -0.39 is 6.10 Å². The molecule has 0 aliphatic carbocycles. The molecule has 1 unspecified atom stereocenters. The quantitative estimate of drug-likeness (QED) is 0.0261. The molecule has 0 aromatic carbocycles. The second-order valence-corrected chi connectivity index (χ2v) is 23.4. The number of unbranched alkanes of at least 4 members (excludes halogenated alkanes) is 43. The Morgan fingerprint density at radius 1 is 0.266 bits per heavy atom. The highest BCUT2D eigenvalue weighted by Crippen LogP contribution is 2.18. The molecule has 460 valence electrons. The van der Waals surface area contributed by atoms with Crippen molar-refractivity contribution in [2.45, 2.75) is 374 Å². The lowest BCUT2D eigenvalue weighted by molar-refractivity contribution is -0.167. The fraction of sp³-hybridized carbons (Fsp3) is 0.822. The van der Waals surface area contributed by atoms with Crippen LogP contribution in [0.4, 0.5) is 0 Å².